The van der Waals surface area contributed by atoms with E-state index in [-0.39, 0.29) is 11.8 Å². The van der Waals surface area contributed by atoms with E-state index in [1.807, 2.05) is 6.07 Å². The van der Waals surface area contributed by atoms with Gasteiger partial charge in [-0.1, -0.05) is 18.0 Å². The largest absolute Gasteiger partial charge is 0.330 e. The van der Waals surface area contributed by atoms with Crippen LogP contribution in [0.25, 0.3) is 0 Å². The van der Waals surface area contributed by atoms with Gasteiger partial charge in [0, 0.05) is 15.4 Å². The first-order valence-electron chi connectivity index (χ1n) is 6.08. The number of benzene rings is 1. The summed E-state index contributed by atoms with van der Waals surface area (Å²) in [5, 5.41) is 3.54. The molecule has 1 fully saturated rings. The van der Waals surface area contributed by atoms with E-state index in [1.54, 1.807) is 12.1 Å². The van der Waals surface area contributed by atoms with Crippen LogP contribution >= 0.6 is 27.5 Å². The van der Waals surface area contributed by atoms with Gasteiger partial charge in [0.05, 0.1) is 5.69 Å². The third kappa shape index (κ3) is 3.05. The van der Waals surface area contributed by atoms with Crippen LogP contribution in [-0.4, -0.2) is 12.5 Å². The maximum atomic E-state index is 12.2. The Labute approximate surface area is 120 Å². The monoisotopic (exact) mass is 330 g/mol. The van der Waals surface area contributed by atoms with Crippen molar-refractivity contribution in [2.75, 3.05) is 11.9 Å². The van der Waals surface area contributed by atoms with Crippen LogP contribution < -0.4 is 11.1 Å². The average Bonchev–Trinajstić information content (AvgIpc) is 2.82. The lowest BCUT2D eigenvalue weighted by molar-refractivity contribution is -0.120. The van der Waals surface area contributed by atoms with Crippen molar-refractivity contribution < 1.29 is 4.79 Å². The number of carbonyl (C=O) groups excluding carboxylic acids is 1. The summed E-state index contributed by atoms with van der Waals surface area (Å²) in [5.41, 5.74) is 6.42. The lowest BCUT2D eigenvalue weighted by atomic mass is 9.95. The minimum absolute atomic E-state index is 0.0286. The van der Waals surface area contributed by atoms with Gasteiger partial charge in [-0.2, -0.15) is 0 Å². The van der Waals surface area contributed by atoms with Crippen molar-refractivity contribution in [2.24, 2.45) is 17.6 Å². The summed E-state index contributed by atoms with van der Waals surface area (Å²) >= 11 is 9.33. The molecule has 2 rings (SSSR count). The van der Waals surface area contributed by atoms with Crippen molar-refractivity contribution in [3.63, 3.8) is 0 Å². The molecule has 18 heavy (non-hydrogen) atoms. The van der Waals surface area contributed by atoms with Crippen LogP contribution in [0.2, 0.25) is 5.02 Å². The van der Waals surface area contributed by atoms with Crippen LogP contribution in [0.4, 0.5) is 5.69 Å². The van der Waals surface area contributed by atoms with E-state index in [1.165, 1.54) is 0 Å². The number of amides is 1. The smallest absolute Gasteiger partial charge is 0.227 e. The standard InChI is InChI=1S/C13H16BrClN2O/c14-11-5-4-9(15)6-12(11)17-13(18)10-3-1-2-8(10)7-16/h4-6,8,10H,1-3,7,16H2,(H,17,18). The van der Waals surface area contributed by atoms with E-state index in [4.69, 9.17) is 17.3 Å². The molecule has 0 heterocycles. The SMILES string of the molecule is NCC1CCCC1C(=O)Nc1cc(Cl)ccc1Br. The first-order valence-corrected chi connectivity index (χ1v) is 7.25. The van der Waals surface area contributed by atoms with Crippen LogP contribution in [0.5, 0.6) is 0 Å². The van der Waals surface area contributed by atoms with Crippen LogP contribution in [0, 0.1) is 11.8 Å². The lowest BCUT2D eigenvalue weighted by Gasteiger charge is -2.18. The molecule has 1 aromatic carbocycles. The summed E-state index contributed by atoms with van der Waals surface area (Å²) in [6, 6.07) is 5.35. The molecule has 5 heteroatoms. The molecule has 2 unspecified atom stereocenters. The van der Waals surface area contributed by atoms with Gasteiger partial charge in [-0.15, -0.1) is 0 Å². The second kappa shape index (κ2) is 6.04. The van der Waals surface area contributed by atoms with E-state index in [2.05, 4.69) is 21.2 Å². The molecule has 0 saturated heterocycles. The highest BCUT2D eigenvalue weighted by atomic mass is 79.9. The Bertz CT molecular complexity index is 453. The van der Waals surface area contributed by atoms with E-state index >= 15 is 0 Å². The Morgan fingerprint density at radius 1 is 1.50 bits per heavy atom. The first-order chi connectivity index (χ1) is 8.61. The number of nitrogens with two attached hydrogens (primary N) is 1. The maximum absolute atomic E-state index is 12.2. The van der Waals surface area contributed by atoms with Crippen molar-refractivity contribution >= 4 is 39.1 Å². The number of hydrogen-bond acceptors (Lipinski definition) is 2. The van der Waals surface area contributed by atoms with Crippen molar-refractivity contribution in [3.8, 4) is 0 Å². The molecule has 3 N–H and O–H groups in total. The maximum Gasteiger partial charge on any atom is 0.227 e. The van der Waals surface area contributed by atoms with Crippen LogP contribution in [0.1, 0.15) is 19.3 Å². The molecule has 98 valence electrons. The van der Waals surface area contributed by atoms with Crippen LogP contribution in [0.15, 0.2) is 22.7 Å². The van der Waals surface area contributed by atoms with Gasteiger partial charge >= 0.3 is 0 Å². The zero-order valence-corrected chi connectivity index (χ0v) is 12.3. The van der Waals surface area contributed by atoms with Gasteiger partial charge in [0.25, 0.3) is 0 Å². The fraction of sp³-hybridized carbons (Fsp3) is 0.462. The third-order valence-electron chi connectivity index (χ3n) is 3.48. The minimum Gasteiger partial charge on any atom is -0.330 e. The lowest BCUT2D eigenvalue weighted by Crippen LogP contribution is -2.29. The Morgan fingerprint density at radius 3 is 3.00 bits per heavy atom. The number of anilines is 1. The quantitative estimate of drug-likeness (QED) is 0.891. The normalized spacial score (nSPS) is 23.1. The van der Waals surface area contributed by atoms with Gasteiger partial charge in [0.1, 0.15) is 0 Å². The Morgan fingerprint density at radius 2 is 2.28 bits per heavy atom. The highest BCUT2D eigenvalue weighted by Gasteiger charge is 2.32. The molecule has 0 aliphatic heterocycles. The van der Waals surface area contributed by atoms with Gasteiger partial charge in [-0.25, -0.2) is 0 Å². The zero-order valence-electron chi connectivity index (χ0n) is 9.96. The van der Waals surface area contributed by atoms with Gasteiger partial charge in [-0.3, -0.25) is 4.79 Å². The first kappa shape index (κ1) is 13.8. The third-order valence-corrected chi connectivity index (χ3v) is 4.41. The Hall–Kier alpha value is -0.580. The second-order valence-corrected chi connectivity index (χ2v) is 5.94. The zero-order chi connectivity index (χ0) is 13.1. The number of hydrogen-bond donors (Lipinski definition) is 2. The molecule has 1 aliphatic rings. The van der Waals surface area contributed by atoms with Gasteiger partial charge in [0.15, 0.2) is 0 Å². The highest BCUT2D eigenvalue weighted by Crippen LogP contribution is 2.33. The molecule has 0 radical (unpaired) electrons. The van der Waals surface area contributed by atoms with Crippen LogP contribution in [-0.2, 0) is 4.79 Å². The van der Waals surface area contributed by atoms with Crippen molar-refractivity contribution in [2.45, 2.75) is 19.3 Å². The molecular weight excluding hydrogens is 316 g/mol. The minimum atomic E-state index is 0.0286. The summed E-state index contributed by atoms with van der Waals surface area (Å²) in [6.07, 6.45) is 3.05. The van der Waals surface area contributed by atoms with Gasteiger partial charge < -0.3 is 11.1 Å². The summed E-state index contributed by atoms with van der Waals surface area (Å²) < 4.78 is 0.836. The predicted octanol–water partition coefficient (Wildman–Crippen LogP) is 3.42. The van der Waals surface area contributed by atoms with Crippen molar-refractivity contribution in [1.29, 1.82) is 0 Å². The fourth-order valence-corrected chi connectivity index (χ4v) is 3.00. The van der Waals surface area contributed by atoms with Crippen LogP contribution in [0.3, 0.4) is 0 Å². The molecule has 0 aromatic heterocycles. The average molecular weight is 332 g/mol. The predicted molar refractivity (Wildman–Crippen MR) is 77.7 cm³/mol. The molecule has 0 spiro atoms. The molecule has 1 aliphatic carbocycles. The molecule has 1 amide bonds. The number of rotatable bonds is 3. The number of nitrogens with one attached hydrogen (secondary N) is 1. The molecule has 2 atom stereocenters. The van der Waals surface area contributed by atoms with Crippen molar-refractivity contribution in [3.05, 3.63) is 27.7 Å². The summed E-state index contributed by atoms with van der Waals surface area (Å²) in [6.45, 7) is 0.578. The number of halogens is 2. The summed E-state index contributed by atoms with van der Waals surface area (Å²) in [4.78, 5) is 12.2. The number of carbonyl (C=O) groups is 1. The highest BCUT2D eigenvalue weighted by molar-refractivity contribution is 9.10. The van der Waals surface area contributed by atoms with E-state index < -0.39 is 0 Å². The molecular formula is C13H16BrClN2O. The Balaban J connectivity index is 2.09. The Kier molecular flexibility index (Phi) is 4.65. The summed E-state index contributed by atoms with van der Waals surface area (Å²) in [7, 11) is 0. The van der Waals surface area contributed by atoms with E-state index in [0.717, 1.165) is 29.4 Å². The van der Waals surface area contributed by atoms with Gasteiger partial charge in [0.2, 0.25) is 5.91 Å². The second-order valence-electron chi connectivity index (χ2n) is 4.65. The van der Waals surface area contributed by atoms with E-state index in [9.17, 15) is 4.79 Å². The molecule has 1 saturated carbocycles. The molecule has 3 nitrogen and oxygen atoms in total. The van der Waals surface area contributed by atoms with Crippen molar-refractivity contribution in [1.82, 2.24) is 0 Å². The van der Waals surface area contributed by atoms with E-state index in [0.29, 0.717) is 17.5 Å². The summed E-state index contributed by atoms with van der Waals surface area (Å²) in [5.74, 6) is 0.384. The topological polar surface area (TPSA) is 55.1 Å². The molecule has 1 aromatic rings. The fourth-order valence-electron chi connectivity index (χ4n) is 2.48. The molecule has 0 bridgehead atoms. The van der Waals surface area contributed by atoms with Gasteiger partial charge in [-0.05, 0) is 59.4 Å².